The Kier molecular flexibility index (Phi) is 4.90. The van der Waals surface area contributed by atoms with Gasteiger partial charge in [0.25, 0.3) is 5.69 Å². The zero-order valence-electron chi connectivity index (χ0n) is 12.1. The first-order chi connectivity index (χ1) is 10.0. The van der Waals surface area contributed by atoms with Crippen LogP contribution >= 0.6 is 0 Å². The van der Waals surface area contributed by atoms with Crippen molar-refractivity contribution in [2.45, 2.75) is 32.2 Å². The number of hydrogen-bond donors (Lipinski definition) is 2. The summed E-state index contributed by atoms with van der Waals surface area (Å²) in [5, 5.41) is 13.7. The van der Waals surface area contributed by atoms with E-state index in [1.807, 2.05) is 6.92 Å². The van der Waals surface area contributed by atoms with Gasteiger partial charge in [0.05, 0.1) is 11.0 Å². The second kappa shape index (κ2) is 6.67. The molecular weight excluding hydrogens is 270 g/mol. The molecule has 0 heterocycles. The van der Waals surface area contributed by atoms with Gasteiger partial charge in [-0.05, 0) is 37.8 Å². The van der Waals surface area contributed by atoms with Crippen LogP contribution in [0.25, 0.3) is 0 Å². The van der Waals surface area contributed by atoms with E-state index in [4.69, 9.17) is 5.73 Å². The third-order valence-electron chi connectivity index (χ3n) is 4.24. The van der Waals surface area contributed by atoms with Crippen LogP contribution in [0.5, 0.6) is 0 Å². The molecular formula is C15H21N3O3. The first-order valence-corrected chi connectivity index (χ1v) is 7.27. The van der Waals surface area contributed by atoms with Crippen molar-refractivity contribution in [2.75, 3.05) is 6.54 Å². The number of nitrogens with zero attached hydrogens (tertiary/aromatic N) is 1. The quantitative estimate of drug-likeness (QED) is 0.641. The first kappa shape index (κ1) is 15.4. The minimum absolute atomic E-state index is 0.00181. The number of carbonyl (C=O) groups is 1. The van der Waals surface area contributed by atoms with Crippen molar-refractivity contribution in [3.05, 3.63) is 39.9 Å². The summed E-state index contributed by atoms with van der Waals surface area (Å²) in [6.07, 6.45) is 2.90. The number of nitro groups is 1. The molecule has 3 unspecified atom stereocenters. The van der Waals surface area contributed by atoms with Gasteiger partial charge in [-0.1, -0.05) is 18.6 Å². The Labute approximate surface area is 123 Å². The second-order valence-corrected chi connectivity index (χ2v) is 5.62. The molecule has 3 N–H and O–H groups in total. The molecule has 1 aliphatic carbocycles. The van der Waals surface area contributed by atoms with Gasteiger partial charge in [0.2, 0.25) is 5.91 Å². The maximum atomic E-state index is 12.3. The standard InChI is InChI=1S/C15H21N3O3/c1-10(11-4-2-6-13(8-11)18(20)21)17-15(19)14-7-3-5-12(14)9-16/h2,4,6,8,10,12,14H,3,5,7,9,16H2,1H3,(H,17,19). The Morgan fingerprint density at radius 1 is 1.52 bits per heavy atom. The molecule has 1 fully saturated rings. The van der Waals surface area contributed by atoms with Crippen LogP contribution < -0.4 is 11.1 Å². The molecule has 6 heteroatoms. The van der Waals surface area contributed by atoms with Gasteiger partial charge in [0, 0.05) is 18.1 Å². The van der Waals surface area contributed by atoms with Crippen LogP contribution in [0.3, 0.4) is 0 Å². The summed E-state index contributed by atoms with van der Waals surface area (Å²) in [4.78, 5) is 22.7. The normalized spacial score (nSPS) is 22.8. The van der Waals surface area contributed by atoms with E-state index in [0.717, 1.165) is 24.8 Å². The van der Waals surface area contributed by atoms with Crippen molar-refractivity contribution in [2.24, 2.45) is 17.6 Å². The van der Waals surface area contributed by atoms with E-state index >= 15 is 0 Å². The van der Waals surface area contributed by atoms with E-state index < -0.39 is 4.92 Å². The topological polar surface area (TPSA) is 98.3 Å². The van der Waals surface area contributed by atoms with Crippen LogP contribution in [0.15, 0.2) is 24.3 Å². The first-order valence-electron chi connectivity index (χ1n) is 7.27. The van der Waals surface area contributed by atoms with Crippen molar-refractivity contribution < 1.29 is 9.72 Å². The molecule has 1 amide bonds. The predicted molar refractivity (Wildman–Crippen MR) is 79.5 cm³/mol. The fourth-order valence-electron chi connectivity index (χ4n) is 2.98. The monoisotopic (exact) mass is 291 g/mol. The van der Waals surface area contributed by atoms with E-state index in [0.29, 0.717) is 6.54 Å². The van der Waals surface area contributed by atoms with Crippen molar-refractivity contribution in [3.8, 4) is 0 Å². The number of nitro benzene ring substituents is 1. The van der Waals surface area contributed by atoms with Gasteiger partial charge >= 0.3 is 0 Å². The Morgan fingerprint density at radius 2 is 2.29 bits per heavy atom. The van der Waals surface area contributed by atoms with Crippen molar-refractivity contribution in [1.29, 1.82) is 0 Å². The number of nitrogens with one attached hydrogen (secondary N) is 1. The predicted octanol–water partition coefficient (Wildman–Crippen LogP) is 2.15. The van der Waals surface area contributed by atoms with E-state index in [-0.39, 0.29) is 29.5 Å². The zero-order chi connectivity index (χ0) is 15.4. The van der Waals surface area contributed by atoms with Crippen LogP contribution in [-0.2, 0) is 4.79 Å². The number of carbonyl (C=O) groups excluding carboxylic acids is 1. The smallest absolute Gasteiger partial charge is 0.269 e. The SMILES string of the molecule is CC(NC(=O)C1CCCC1CN)c1cccc([N+](=O)[O-])c1. The number of rotatable bonds is 5. The van der Waals surface area contributed by atoms with Crippen molar-refractivity contribution in [1.82, 2.24) is 5.32 Å². The largest absolute Gasteiger partial charge is 0.349 e. The fraction of sp³-hybridized carbons (Fsp3) is 0.533. The minimum atomic E-state index is -0.431. The van der Waals surface area contributed by atoms with Gasteiger partial charge < -0.3 is 11.1 Å². The van der Waals surface area contributed by atoms with Crippen LogP contribution in [0, 0.1) is 22.0 Å². The van der Waals surface area contributed by atoms with Gasteiger partial charge in [-0.25, -0.2) is 0 Å². The molecule has 0 spiro atoms. The summed E-state index contributed by atoms with van der Waals surface area (Å²) >= 11 is 0. The maximum absolute atomic E-state index is 12.3. The lowest BCUT2D eigenvalue weighted by Gasteiger charge is -2.21. The molecule has 1 aromatic rings. The molecule has 0 radical (unpaired) electrons. The van der Waals surface area contributed by atoms with Gasteiger partial charge in [0.15, 0.2) is 0 Å². The fourth-order valence-corrected chi connectivity index (χ4v) is 2.98. The summed E-state index contributed by atoms with van der Waals surface area (Å²) < 4.78 is 0. The van der Waals surface area contributed by atoms with E-state index in [9.17, 15) is 14.9 Å². The Morgan fingerprint density at radius 3 is 2.95 bits per heavy atom. The molecule has 1 aromatic carbocycles. The summed E-state index contributed by atoms with van der Waals surface area (Å²) in [5.74, 6) is 0.223. The van der Waals surface area contributed by atoms with Gasteiger partial charge in [-0.3, -0.25) is 14.9 Å². The lowest BCUT2D eigenvalue weighted by molar-refractivity contribution is -0.384. The lowest BCUT2D eigenvalue weighted by Crippen LogP contribution is -2.36. The third kappa shape index (κ3) is 3.58. The lowest BCUT2D eigenvalue weighted by atomic mass is 9.94. The molecule has 21 heavy (non-hydrogen) atoms. The summed E-state index contributed by atoms with van der Waals surface area (Å²) in [6, 6.07) is 6.11. The van der Waals surface area contributed by atoms with Crippen LogP contribution in [0.1, 0.15) is 37.8 Å². The van der Waals surface area contributed by atoms with E-state index in [1.165, 1.54) is 12.1 Å². The van der Waals surface area contributed by atoms with E-state index in [2.05, 4.69) is 5.32 Å². The van der Waals surface area contributed by atoms with Crippen LogP contribution in [0.4, 0.5) is 5.69 Å². The molecule has 3 atom stereocenters. The highest BCUT2D eigenvalue weighted by Crippen LogP contribution is 2.31. The average Bonchev–Trinajstić information content (AvgIpc) is 2.95. The summed E-state index contributed by atoms with van der Waals surface area (Å²) in [5.41, 5.74) is 6.47. The molecule has 0 saturated heterocycles. The highest BCUT2D eigenvalue weighted by molar-refractivity contribution is 5.79. The van der Waals surface area contributed by atoms with Crippen LogP contribution in [0.2, 0.25) is 0 Å². The zero-order valence-corrected chi connectivity index (χ0v) is 12.1. The summed E-state index contributed by atoms with van der Waals surface area (Å²) in [7, 11) is 0. The average molecular weight is 291 g/mol. The molecule has 1 aliphatic rings. The number of hydrogen-bond acceptors (Lipinski definition) is 4. The minimum Gasteiger partial charge on any atom is -0.349 e. The maximum Gasteiger partial charge on any atom is 0.269 e. The number of nitrogens with two attached hydrogens (primary N) is 1. The highest BCUT2D eigenvalue weighted by atomic mass is 16.6. The number of non-ortho nitro benzene ring substituents is 1. The highest BCUT2D eigenvalue weighted by Gasteiger charge is 2.32. The Bertz CT molecular complexity index is 533. The third-order valence-corrected chi connectivity index (χ3v) is 4.24. The molecule has 0 aliphatic heterocycles. The molecule has 0 aromatic heterocycles. The molecule has 2 rings (SSSR count). The van der Waals surface area contributed by atoms with Crippen molar-refractivity contribution in [3.63, 3.8) is 0 Å². The molecule has 0 bridgehead atoms. The number of amides is 1. The van der Waals surface area contributed by atoms with Gasteiger partial charge in [-0.15, -0.1) is 0 Å². The Hall–Kier alpha value is -1.95. The Balaban J connectivity index is 2.03. The second-order valence-electron chi connectivity index (χ2n) is 5.62. The van der Waals surface area contributed by atoms with Crippen molar-refractivity contribution >= 4 is 11.6 Å². The molecule has 1 saturated carbocycles. The summed E-state index contributed by atoms with van der Waals surface area (Å²) in [6.45, 7) is 2.37. The van der Waals surface area contributed by atoms with Gasteiger partial charge in [-0.2, -0.15) is 0 Å². The molecule has 114 valence electrons. The molecule has 6 nitrogen and oxygen atoms in total. The number of benzene rings is 1. The van der Waals surface area contributed by atoms with Crippen LogP contribution in [-0.4, -0.2) is 17.4 Å². The van der Waals surface area contributed by atoms with Gasteiger partial charge in [0.1, 0.15) is 0 Å². The van der Waals surface area contributed by atoms with E-state index in [1.54, 1.807) is 12.1 Å².